The molecule has 0 bridgehead atoms. The fourth-order valence-electron chi connectivity index (χ4n) is 4.37. The van der Waals surface area contributed by atoms with Gasteiger partial charge in [0.25, 0.3) is 5.91 Å². The van der Waals surface area contributed by atoms with Crippen molar-refractivity contribution in [1.82, 2.24) is 4.90 Å². The Bertz CT molecular complexity index is 1260. The van der Waals surface area contributed by atoms with E-state index in [1.807, 2.05) is 23.1 Å². The van der Waals surface area contributed by atoms with E-state index in [0.29, 0.717) is 34.7 Å². The fourth-order valence-corrected chi connectivity index (χ4v) is 8.34. The van der Waals surface area contributed by atoms with Crippen molar-refractivity contribution in [2.75, 3.05) is 32.5 Å². The number of methoxy groups -OCH3 is 2. The summed E-state index contributed by atoms with van der Waals surface area (Å²) in [7, 11) is -0.0332. The van der Waals surface area contributed by atoms with Crippen LogP contribution < -0.4 is 18.9 Å². The molecule has 2 fully saturated rings. The third kappa shape index (κ3) is 4.54. The first-order chi connectivity index (χ1) is 16.3. The topological polar surface area (TPSA) is 104 Å². The summed E-state index contributed by atoms with van der Waals surface area (Å²) in [5, 5.41) is 0.402. The van der Waals surface area contributed by atoms with Crippen LogP contribution in [0.3, 0.4) is 0 Å². The molecule has 0 spiro atoms. The van der Waals surface area contributed by atoms with E-state index in [-0.39, 0.29) is 41.9 Å². The zero-order chi connectivity index (χ0) is 23.9. The summed E-state index contributed by atoms with van der Waals surface area (Å²) < 4.78 is 46.0. The molecule has 34 heavy (non-hydrogen) atoms. The Balaban J connectivity index is 1.38. The lowest BCUT2D eigenvalue weighted by Crippen LogP contribution is -2.37. The highest BCUT2D eigenvalue weighted by atomic mass is 32.2. The van der Waals surface area contributed by atoms with Crippen molar-refractivity contribution >= 4 is 32.7 Å². The molecule has 2 aromatic rings. The van der Waals surface area contributed by atoms with Crippen molar-refractivity contribution in [2.45, 2.75) is 24.3 Å². The Morgan fingerprint density at radius 1 is 1.06 bits per heavy atom. The average Bonchev–Trinajstić information content (AvgIpc) is 3.46. The Morgan fingerprint density at radius 2 is 1.82 bits per heavy atom. The maximum absolute atomic E-state index is 12.9. The molecule has 0 saturated carbocycles. The second-order valence-corrected chi connectivity index (χ2v) is 11.6. The van der Waals surface area contributed by atoms with Gasteiger partial charge in [-0.15, -0.1) is 0 Å². The van der Waals surface area contributed by atoms with Gasteiger partial charge in [-0.25, -0.2) is 8.42 Å². The molecule has 1 amide bonds. The maximum Gasteiger partial charge on any atom is 0.252 e. The molecule has 3 heterocycles. The van der Waals surface area contributed by atoms with Gasteiger partial charge >= 0.3 is 0 Å². The highest BCUT2D eigenvalue weighted by Crippen LogP contribution is 2.40. The molecule has 0 aliphatic carbocycles. The number of hydrogen-bond acceptors (Lipinski definition) is 8. The van der Waals surface area contributed by atoms with Crippen LogP contribution in [0.1, 0.15) is 11.1 Å². The SMILES string of the molecule is COc1ccc(CC(=O)N=C2S[C@@H]3CS(=O)(=O)C[C@@H]3N2Cc2ccc3c(c2)OCO3)cc1OC. The Kier molecular flexibility index (Phi) is 6.07. The molecule has 0 N–H and O–H groups in total. The predicted octanol–water partition coefficient (Wildman–Crippen LogP) is 2.27. The van der Waals surface area contributed by atoms with Gasteiger partial charge < -0.3 is 23.8 Å². The standard InChI is InChI=1S/C23H24N2O7S2/c1-29-17-5-3-14(7-19(17)30-2)9-22(26)24-23-25(16-11-34(27,28)12-21(16)33-23)10-15-4-6-18-20(8-15)32-13-31-18/h3-8,16,21H,9-13H2,1-2H3/t16-,21+/m0/s1. The van der Waals surface area contributed by atoms with Gasteiger partial charge in [-0.1, -0.05) is 23.9 Å². The van der Waals surface area contributed by atoms with Crippen LogP contribution in [0.5, 0.6) is 23.0 Å². The summed E-state index contributed by atoms with van der Waals surface area (Å²) in [6.07, 6.45) is 0.0932. The minimum atomic E-state index is -3.13. The van der Waals surface area contributed by atoms with Crippen LogP contribution in [0.25, 0.3) is 0 Å². The van der Waals surface area contributed by atoms with E-state index in [4.69, 9.17) is 18.9 Å². The third-order valence-electron chi connectivity index (χ3n) is 5.99. The molecule has 11 heteroatoms. The Hall–Kier alpha value is -2.92. The minimum Gasteiger partial charge on any atom is -0.493 e. The number of benzene rings is 2. The molecule has 0 aromatic heterocycles. The van der Waals surface area contributed by atoms with E-state index in [1.165, 1.54) is 11.8 Å². The van der Waals surface area contributed by atoms with E-state index in [2.05, 4.69) is 4.99 Å². The van der Waals surface area contributed by atoms with Crippen LogP contribution >= 0.6 is 11.8 Å². The Labute approximate surface area is 202 Å². The van der Waals surface area contributed by atoms with Crippen molar-refractivity contribution in [3.63, 3.8) is 0 Å². The summed E-state index contributed by atoms with van der Waals surface area (Å²) in [5.74, 6) is 2.29. The molecular formula is C23H24N2O7S2. The van der Waals surface area contributed by atoms with Crippen LogP contribution in [-0.4, -0.2) is 68.2 Å². The lowest BCUT2D eigenvalue weighted by molar-refractivity contribution is -0.117. The first-order valence-electron chi connectivity index (χ1n) is 10.7. The van der Waals surface area contributed by atoms with Gasteiger partial charge in [0.05, 0.1) is 38.2 Å². The number of amides is 1. The van der Waals surface area contributed by atoms with Crippen molar-refractivity contribution < 1.29 is 32.2 Å². The second kappa shape index (κ2) is 9.03. The van der Waals surface area contributed by atoms with Crippen LogP contribution in [0.15, 0.2) is 41.4 Å². The summed E-state index contributed by atoms with van der Waals surface area (Å²) in [6, 6.07) is 10.7. The molecule has 3 aliphatic heterocycles. The van der Waals surface area contributed by atoms with Crippen molar-refractivity contribution in [3.05, 3.63) is 47.5 Å². The molecule has 5 rings (SSSR count). The number of amidine groups is 1. The summed E-state index contributed by atoms with van der Waals surface area (Å²) in [5.41, 5.74) is 1.68. The van der Waals surface area contributed by atoms with Gasteiger partial charge in [-0.05, 0) is 35.4 Å². The Morgan fingerprint density at radius 3 is 2.62 bits per heavy atom. The first-order valence-corrected chi connectivity index (χ1v) is 13.4. The van der Waals surface area contributed by atoms with Gasteiger partial charge in [0.1, 0.15) is 0 Å². The van der Waals surface area contributed by atoms with Crippen LogP contribution in [0.2, 0.25) is 0 Å². The third-order valence-corrected chi connectivity index (χ3v) is 9.24. The van der Waals surface area contributed by atoms with Gasteiger partial charge in [0.15, 0.2) is 38.0 Å². The molecular weight excluding hydrogens is 480 g/mol. The molecule has 3 aliphatic rings. The number of carbonyl (C=O) groups is 1. The minimum absolute atomic E-state index is 0.0537. The normalized spacial score (nSPS) is 23.2. The maximum atomic E-state index is 12.9. The number of ether oxygens (including phenoxy) is 4. The molecule has 2 atom stereocenters. The number of rotatable bonds is 6. The van der Waals surface area contributed by atoms with Gasteiger partial charge in [0.2, 0.25) is 6.79 Å². The molecule has 0 unspecified atom stereocenters. The van der Waals surface area contributed by atoms with Crippen LogP contribution in [0.4, 0.5) is 0 Å². The monoisotopic (exact) mass is 504 g/mol. The predicted molar refractivity (Wildman–Crippen MR) is 128 cm³/mol. The van der Waals surface area contributed by atoms with Crippen molar-refractivity contribution in [3.8, 4) is 23.0 Å². The first kappa shape index (κ1) is 22.9. The van der Waals surface area contributed by atoms with Crippen molar-refractivity contribution in [2.24, 2.45) is 4.99 Å². The summed E-state index contributed by atoms with van der Waals surface area (Å²) in [4.78, 5) is 19.2. The molecule has 9 nitrogen and oxygen atoms in total. The molecule has 180 valence electrons. The van der Waals surface area contributed by atoms with Gasteiger partial charge in [0, 0.05) is 11.8 Å². The smallest absolute Gasteiger partial charge is 0.252 e. The van der Waals surface area contributed by atoms with Crippen LogP contribution in [0, 0.1) is 0 Å². The van der Waals surface area contributed by atoms with Gasteiger partial charge in [-0.2, -0.15) is 4.99 Å². The largest absolute Gasteiger partial charge is 0.493 e. The number of fused-ring (bicyclic) bond motifs is 2. The van der Waals surface area contributed by atoms with E-state index in [9.17, 15) is 13.2 Å². The van der Waals surface area contributed by atoms with Gasteiger partial charge in [-0.3, -0.25) is 4.79 Å². The van der Waals surface area contributed by atoms with Crippen LogP contribution in [-0.2, 0) is 27.6 Å². The number of thioether (sulfide) groups is 1. The highest BCUT2D eigenvalue weighted by molar-refractivity contribution is 8.15. The average molecular weight is 505 g/mol. The second-order valence-electron chi connectivity index (χ2n) is 8.27. The van der Waals surface area contributed by atoms with E-state index < -0.39 is 9.84 Å². The number of carbonyl (C=O) groups excluding carboxylic acids is 1. The molecule has 0 radical (unpaired) electrons. The lowest BCUT2D eigenvalue weighted by atomic mass is 10.1. The number of sulfone groups is 1. The van der Waals surface area contributed by atoms with E-state index >= 15 is 0 Å². The van der Waals surface area contributed by atoms with E-state index in [1.54, 1.807) is 32.4 Å². The fraction of sp³-hybridized carbons (Fsp3) is 0.391. The zero-order valence-electron chi connectivity index (χ0n) is 18.7. The molecule has 2 aromatic carbocycles. The highest BCUT2D eigenvalue weighted by Gasteiger charge is 2.48. The lowest BCUT2D eigenvalue weighted by Gasteiger charge is -2.24. The molecule has 2 saturated heterocycles. The van der Waals surface area contributed by atoms with E-state index in [0.717, 1.165) is 11.1 Å². The summed E-state index contributed by atoms with van der Waals surface area (Å²) in [6.45, 7) is 0.599. The summed E-state index contributed by atoms with van der Waals surface area (Å²) >= 11 is 1.36. The zero-order valence-corrected chi connectivity index (χ0v) is 20.4. The number of hydrogen-bond donors (Lipinski definition) is 0. The number of aliphatic imine (C=N–C) groups is 1. The quantitative estimate of drug-likeness (QED) is 0.586. The number of nitrogens with zero attached hydrogens (tertiary/aromatic N) is 2. The van der Waals surface area contributed by atoms with Crippen molar-refractivity contribution in [1.29, 1.82) is 0 Å².